The largest absolute Gasteiger partial charge is 0.345 e. The van der Waals surface area contributed by atoms with Gasteiger partial charge in [0.2, 0.25) is 5.91 Å². The summed E-state index contributed by atoms with van der Waals surface area (Å²) in [6.07, 6.45) is 1.41. The number of fused-ring (bicyclic) bond motifs is 1. The van der Waals surface area contributed by atoms with Gasteiger partial charge in [-0.1, -0.05) is 0 Å². The number of benzene rings is 1. The highest BCUT2D eigenvalue weighted by molar-refractivity contribution is 5.82. The fraction of sp³-hybridized carbons (Fsp3) is 0.294. The highest BCUT2D eigenvalue weighted by Crippen LogP contribution is 2.20. The van der Waals surface area contributed by atoms with Crippen molar-refractivity contribution >= 4 is 17.5 Å². The quantitative estimate of drug-likeness (QED) is 0.711. The number of nitrogens with zero attached hydrogens (tertiary/aromatic N) is 6. The van der Waals surface area contributed by atoms with Crippen LogP contribution < -0.4 is 4.90 Å². The molecule has 0 N–H and O–H groups in total. The fourth-order valence-electron chi connectivity index (χ4n) is 3.08. The van der Waals surface area contributed by atoms with E-state index in [4.69, 9.17) is 0 Å². The normalized spacial score (nSPS) is 15.1. The molecule has 1 fully saturated rings. The number of carbonyl (C=O) groups is 1. The number of piperazine rings is 1. The molecular weight excluding hydrogens is 342 g/mol. The molecule has 0 aliphatic carbocycles. The van der Waals surface area contributed by atoms with Crippen molar-refractivity contribution in [3.05, 3.63) is 53.5 Å². The van der Waals surface area contributed by atoms with Gasteiger partial charge >= 0.3 is 0 Å². The van der Waals surface area contributed by atoms with Gasteiger partial charge in [-0.3, -0.25) is 4.79 Å². The standard InChI is InChI=1S/C17H16F2N6O/c1-11-6-15(25-17(22-11)20-10-21-25)23-4-5-24(16(26)9-23)8-12-7-13(18)2-3-14(12)19/h2-3,6-7,10H,4-5,8-9H2,1H3. The third-order valence-electron chi connectivity index (χ3n) is 4.37. The Bertz CT molecular complexity index is 989. The van der Waals surface area contributed by atoms with Gasteiger partial charge in [0, 0.05) is 37.0 Å². The molecule has 0 spiro atoms. The minimum absolute atomic E-state index is 0.0460. The molecule has 7 nitrogen and oxygen atoms in total. The Hall–Kier alpha value is -3.10. The molecule has 134 valence electrons. The van der Waals surface area contributed by atoms with Crippen LogP contribution in [0.3, 0.4) is 0 Å². The Labute approximate surface area is 147 Å². The molecule has 1 amide bonds. The molecule has 9 heteroatoms. The predicted octanol–water partition coefficient (Wildman–Crippen LogP) is 1.56. The third-order valence-corrected chi connectivity index (χ3v) is 4.37. The zero-order valence-electron chi connectivity index (χ0n) is 14.1. The van der Waals surface area contributed by atoms with E-state index in [1.807, 2.05) is 17.9 Å². The molecular formula is C17H16F2N6O. The van der Waals surface area contributed by atoms with Crippen molar-refractivity contribution in [3.8, 4) is 0 Å². The number of amides is 1. The smallest absolute Gasteiger partial charge is 0.254 e. The molecule has 26 heavy (non-hydrogen) atoms. The van der Waals surface area contributed by atoms with Crippen LogP contribution in [0.2, 0.25) is 0 Å². The molecule has 0 radical (unpaired) electrons. The zero-order valence-corrected chi connectivity index (χ0v) is 14.1. The first-order valence-electron chi connectivity index (χ1n) is 8.15. The first kappa shape index (κ1) is 16.4. The summed E-state index contributed by atoms with van der Waals surface area (Å²) in [6.45, 7) is 2.95. The Morgan fingerprint density at radius 2 is 2.04 bits per heavy atom. The average Bonchev–Trinajstić information content (AvgIpc) is 3.07. The van der Waals surface area contributed by atoms with Gasteiger partial charge in [-0.15, -0.1) is 0 Å². The Balaban J connectivity index is 1.54. The molecule has 3 heterocycles. The van der Waals surface area contributed by atoms with Crippen LogP contribution in [0.25, 0.3) is 5.78 Å². The highest BCUT2D eigenvalue weighted by Gasteiger charge is 2.26. The molecule has 1 aromatic carbocycles. The lowest BCUT2D eigenvalue weighted by molar-refractivity contribution is -0.131. The maximum absolute atomic E-state index is 13.8. The van der Waals surface area contributed by atoms with Gasteiger partial charge in [-0.25, -0.2) is 13.8 Å². The van der Waals surface area contributed by atoms with Crippen LogP contribution in [0.4, 0.5) is 14.6 Å². The summed E-state index contributed by atoms with van der Waals surface area (Å²) in [5.41, 5.74) is 0.947. The maximum Gasteiger partial charge on any atom is 0.254 e. The minimum atomic E-state index is -0.520. The van der Waals surface area contributed by atoms with E-state index in [1.165, 1.54) is 11.2 Å². The van der Waals surface area contributed by atoms with Crippen molar-refractivity contribution in [3.63, 3.8) is 0 Å². The molecule has 0 atom stereocenters. The van der Waals surface area contributed by atoms with Crippen molar-refractivity contribution in [2.75, 3.05) is 24.5 Å². The van der Waals surface area contributed by atoms with Gasteiger partial charge in [0.25, 0.3) is 5.78 Å². The SMILES string of the molecule is Cc1cc(N2CCN(Cc3cc(F)ccc3F)C(=O)C2)n2ncnc2n1. The van der Waals surface area contributed by atoms with Gasteiger partial charge in [0.05, 0.1) is 6.54 Å². The number of hydrogen-bond acceptors (Lipinski definition) is 5. The van der Waals surface area contributed by atoms with Crippen molar-refractivity contribution in [1.29, 1.82) is 0 Å². The molecule has 0 saturated carbocycles. The van der Waals surface area contributed by atoms with E-state index in [-0.39, 0.29) is 24.6 Å². The summed E-state index contributed by atoms with van der Waals surface area (Å²) in [7, 11) is 0. The van der Waals surface area contributed by atoms with Crippen LogP contribution in [0.5, 0.6) is 0 Å². The predicted molar refractivity (Wildman–Crippen MR) is 89.5 cm³/mol. The summed E-state index contributed by atoms with van der Waals surface area (Å²) in [5.74, 6) is -0.00156. The lowest BCUT2D eigenvalue weighted by Crippen LogP contribution is -2.50. The number of rotatable bonds is 3. The first-order valence-corrected chi connectivity index (χ1v) is 8.15. The van der Waals surface area contributed by atoms with Gasteiger partial charge in [-0.2, -0.15) is 14.6 Å². The van der Waals surface area contributed by atoms with E-state index < -0.39 is 11.6 Å². The summed E-state index contributed by atoms with van der Waals surface area (Å²) in [6, 6.07) is 5.11. The van der Waals surface area contributed by atoms with E-state index in [9.17, 15) is 13.6 Å². The molecule has 0 unspecified atom stereocenters. The van der Waals surface area contributed by atoms with Crippen LogP contribution in [-0.4, -0.2) is 50.0 Å². The van der Waals surface area contributed by atoms with E-state index >= 15 is 0 Å². The van der Waals surface area contributed by atoms with E-state index in [1.54, 1.807) is 4.52 Å². The molecule has 1 saturated heterocycles. The second-order valence-electron chi connectivity index (χ2n) is 6.20. The number of anilines is 1. The number of aromatic nitrogens is 4. The van der Waals surface area contributed by atoms with Gasteiger partial charge < -0.3 is 9.80 Å². The molecule has 1 aliphatic heterocycles. The summed E-state index contributed by atoms with van der Waals surface area (Å²) >= 11 is 0. The van der Waals surface area contributed by atoms with E-state index in [0.29, 0.717) is 18.9 Å². The zero-order chi connectivity index (χ0) is 18.3. The molecule has 0 bridgehead atoms. The number of aryl methyl sites for hydroxylation is 1. The van der Waals surface area contributed by atoms with Gasteiger partial charge in [-0.05, 0) is 25.1 Å². The second-order valence-corrected chi connectivity index (χ2v) is 6.20. The van der Waals surface area contributed by atoms with Crippen molar-refractivity contribution in [1.82, 2.24) is 24.5 Å². The van der Waals surface area contributed by atoms with Crippen molar-refractivity contribution < 1.29 is 13.6 Å². The van der Waals surface area contributed by atoms with Crippen molar-refractivity contribution in [2.24, 2.45) is 0 Å². The number of halogens is 2. The highest BCUT2D eigenvalue weighted by atomic mass is 19.1. The average molecular weight is 358 g/mol. The second kappa shape index (κ2) is 6.32. The summed E-state index contributed by atoms with van der Waals surface area (Å²) in [5, 5.41) is 4.15. The monoisotopic (exact) mass is 358 g/mol. The lowest BCUT2D eigenvalue weighted by atomic mass is 10.1. The third kappa shape index (κ3) is 2.96. The van der Waals surface area contributed by atoms with Crippen LogP contribution in [0, 0.1) is 18.6 Å². The van der Waals surface area contributed by atoms with Crippen LogP contribution >= 0.6 is 0 Å². The van der Waals surface area contributed by atoms with Crippen LogP contribution in [0.1, 0.15) is 11.3 Å². The molecule has 2 aromatic heterocycles. The summed E-state index contributed by atoms with van der Waals surface area (Å²) < 4.78 is 28.8. The molecule has 1 aliphatic rings. The molecule has 4 rings (SSSR count). The maximum atomic E-state index is 13.8. The number of carbonyl (C=O) groups excluding carboxylic acids is 1. The lowest BCUT2D eigenvalue weighted by Gasteiger charge is -2.35. The first-order chi connectivity index (χ1) is 12.5. The van der Waals surface area contributed by atoms with E-state index in [2.05, 4.69) is 15.1 Å². The van der Waals surface area contributed by atoms with Crippen molar-refractivity contribution in [2.45, 2.75) is 13.5 Å². The minimum Gasteiger partial charge on any atom is -0.345 e. The Kier molecular flexibility index (Phi) is 3.98. The molecule has 3 aromatic rings. The Morgan fingerprint density at radius 1 is 1.19 bits per heavy atom. The fourth-order valence-corrected chi connectivity index (χ4v) is 3.08. The topological polar surface area (TPSA) is 66.6 Å². The van der Waals surface area contributed by atoms with Gasteiger partial charge in [0.1, 0.15) is 23.8 Å². The Morgan fingerprint density at radius 3 is 2.85 bits per heavy atom. The van der Waals surface area contributed by atoms with Crippen LogP contribution in [0.15, 0.2) is 30.6 Å². The number of hydrogen-bond donors (Lipinski definition) is 0. The van der Waals surface area contributed by atoms with E-state index in [0.717, 1.165) is 29.7 Å². The van der Waals surface area contributed by atoms with Gasteiger partial charge in [0.15, 0.2) is 0 Å². The van der Waals surface area contributed by atoms with Crippen LogP contribution in [-0.2, 0) is 11.3 Å². The summed E-state index contributed by atoms with van der Waals surface area (Å²) in [4.78, 5) is 24.3.